The maximum atomic E-state index is 11.0. The van der Waals surface area contributed by atoms with Gasteiger partial charge in [-0.15, -0.1) is 0 Å². The fraction of sp³-hybridized carbons (Fsp3) is 0.125. The van der Waals surface area contributed by atoms with Crippen LogP contribution in [0.2, 0.25) is 0 Å². The first kappa shape index (κ1) is 8.28. The molecule has 60 valence electrons. The van der Waals surface area contributed by atoms with Gasteiger partial charge in [-0.2, -0.15) is 0 Å². The summed E-state index contributed by atoms with van der Waals surface area (Å²) in [6.07, 6.45) is 0. The van der Waals surface area contributed by atoms with Gasteiger partial charge in [0, 0.05) is 28.6 Å². The van der Waals surface area contributed by atoms with Gasteiger partial charge in [0.2, 0.25) is 0 Å². The summed E-state index contributed by atoms with van der Waals surface area (Å²) in [6.45, 7) is 0.689. The number of hydrogen-bond acceptors (Lipinski definition) is 1. The fourth-order valence-corrected chi connectivity index (χ4v) is 1.17. The number of fused-ring (bicyclic) bond motifs is 1. The molecule has 1 aliphatic rings. The van der Waals surface area contributed by atoms with Gasteiger partial charge in [0.05, 0.1) is 0 Å². The van der Waals surface area contributed by atoms with Crippen molar-refractivity contribution in [2.24, 2.45) is 0 Å². The summed E-state index contributed by atoms with van der Waals surface area (Å²) in [5.74, 6) is 0.0515. The Morgan fingerprint density at radius 3 is 2.73 bits per heavy atom. The number of hydrogen-bond donors (Lipinski definition) is 1. The van der Waals surface area contributed by atoms with E-state index in [4.69, 9.17) is 0 Å². The van der Waals surface area contributed by atoms with Crippen LogP contribution in [0.15, 0.2) is 24.3 Å². The van der Waals surface area contributed by atoms with Crippen LogP contribution in [0.25, 0.3) is 0 Å². The average Bonchev–Trinajstić information content (AvgIpc) is 2.34. The van der Waals surface area contributed by atoms with Crippen molar-refractivity contribution in [2.75, 3.05) is 0 Å². The second-order valence-corrected chi connectivity index (χ2v) is 2.34. The Morgan fingerprint density at radius 1 is 1.27 bits per heavy atom. The molecule has 0 saturated carbocycles. The Balaban J connectivity index is 0.000000605. The van der Waals surface area contributed by atoms with E-state index in [1.54, 1.807) is 0 Å². The molecule has 2 rings (SSSR count). The van der Waals surface area contributed by atoms with Crippen LogP contribution in [0.3, 0.4) is 0 Å². The minimum absolute atomic E-state index is 0. The van der Waals surface area contributed by atoms with Gasteiger partial charge in [-0.25, -0.2) is 0 Å². The molecule has 0 radical (unpaired) electrons. The second-order valence-electron chi connectivity index (χ2n) is 2.34. The quantitative estimate of drug-likeness (QED) is 0.608. The van der Waals surface area contributed by atoms with Crippen molar-refractivity contribution in [3.05, 3.63) is 35.4 Å². The Kier molecular flexibility index (Phi) is 2.30. The zero-order valence-electron chi connectivity index (χ0n) is 5.74. The van der Waals surface area contributed by atoms with Crippen molar-refractivity contribution in [3.8, 4) is 0 Å². The molecule has 0 bridgehead atoms. The molecule has 0 atom stereocenters. The number of carbonyl (C=O) groups excluding carboxylic acids is 1. The SMILES string of the molecule is O=C1NCc2ccccc21.[Ni]. The van der Waals surface area contributed by atoms with Crippen molar-refractivity contribution in [3.63, 3.8) is 0 Å². The van der Waals surface area contributed by atoms with E-state index < -0.39 is 0 Å². The predicted octanol–water partition coefficient (Wildman–Crippen LogP) is 0.928. The molecule has 1 aliphatic heterocycles. The summed E-state index contributed by atoms with van der Waals surface area (Å²) in [6, 6.07) is 7.63. The zero-order chi connectivity index (χ0) is 6.97. The van der Waals surface area contributed by atoms with Crippen molar-refractivity contribution >= 4 is 5.91 Å². The van der Waals surface area contributed by atoms with Gasteiger partial charge in [-0.05, 0) is 11.6 Å². The molecule has 0 spiro atoms. The Hall–Kier alpha value is -0.816. The summed E-state index contributed by atoms with van der Waals surface area (Å²) in [7, 11) is 0. The first-order chi connectivity index (χ1) is 4.88. The van der Waals surface area contributed by atoms with Crippen LogP contribution in [0, 0.1) is 0 Å². The fourth-order valence-electron chi connectivity index (χ4n) is 1.17. The third-order valence-electron chi connectivity index (χ3n) is 1.70. The average molecular weight is 192 g/mol. The third kappa shape index (κ3) is 1.29. The van der Waals surface area contributed by atoms with Crippen molar-refractivity contribution in [2.45, 2.75) is 6.54 Å². The molecule has 1 heterocycles. The molecule has 1 aromatic rings. The van der Waals surface area contributed by atoms with Crippen LogP contribution in [0.4, 0.5) is 0 Å². The Bertz CT molecular complexity index is 285. The topological polar surface area (TPSA) is 29.1 Å². The molecule has 0 saturated heterocycles. The Labute approximate surface area is 74.9 Å². The van der Waals surface area contributed by atoms with Crippen molar-refractivity contribution in [1.82, 2.24) is 5.32 Å². The van der Waals surface area contributed by atoms with Crippen molar-refractivity contribution < 1.29 is 21.3 Å². The molecule has 0 unspecified atom stereocenters. The van der Waals surface area contributed by atoms with Crippen LogP contribution in [-0.4, -0.2) is 5.91 Å². The van der Waals surface area contributed by atoms with Gasteiger partial charge in [-0.1, -0.05) is 18.2 Å². The summed E-state index contributed by atoms with van der Waals surface area (Å²) in [5, 5.41) is 2.75. The molecule has 11 heavy (non-hydrogen) atoms. The number of amides is 1. The van der Waals surface area contributed by atoms with E-state index in [1.165, 1.54) is 0 Å². The van der Waals surface area contributed by atoms with Crippen LogP contribution in [0.5, 0.6) is 0 Å². The minimum atomic E-state index is 0. The maximum absolute atomic E-state index is 11.0. The summed E-state index contributed by atoms with van der Waals surface area (Å²) >= 11 is 0. The van der Waals surface area contributed by atoms with Gasteiger partial charge in [0.25, 0.3) is 5.91 Å². The third-order valence-corrected chi connectivity index (χ3v) is 1.70. The van der Waals surface area contributed by atoms with E-state index in [0.717, 1.165) is 11.1 Å². The first-order valence-electron chi connectivity index (χ1n) is 3.24. The molecular weight excluding hydrogens is 185 g/mol. The summed E-state index contributed by atoms with van der Waals surface area (Å²) in [4.78, 5) is 11.0. The molecular formula is C8H7NNiO. The monoisotopic (exact) mass is 191 g/mol. The molecule has 2 nitrogen and oxygen atoms in total. The van der Waals surface area contributed by atoms with Gasteiger partial charge >= 0.3 is 0 Å². The number of carbonyl (C=O) groups is 1. The summed E-state index contributed by atoms with van der Waals surface area (Å²) < 4.78 is 0. The van der Waals surface area contributed by atoms with Gasteiger partial charge in [0.15, 0.2) is 0 Å². The van der Waals surface area contributed by atoms with E-state index in [-0.39, 0.29) is 22.4 Å². The van der Waals surface area contributed by atoms with E-state index in [0.29, 0.717) is 6.54 Å². The zero-order valence-corrected chi connectivity index (χ0v) is 6.73. The first-order valence-corrected chi connectivity index (χ1v) is 3.24. The minimum Gasteiger partial charge on any atom is -0.348 e. The maximum Gasteiger partial charge on any atom is 0.251 e. The predicted molar refractivity (Wildman–Crippen MR) is 37.6 cm³/mol. The largest absolute Gasteiger partial charge is 0.348 e. The van der Waals surface area contributed by atoms with Crippen LogP contribution >= 0.6 is 0 Å². The molecule has 1 amide bonds. The molecule has 3 heteroatoms. The van der Waals surface area contributed by atoms with E-state index in [1.807, 2.05) is 24.3 Å². The number of benzene rings is 1. The normalized spacial score (nSPS) is 13.3. The second kappa shape index (κ2) is 3.06. The van der Waals surface area contributed by atoms with Gasteiger partial charge in [0.1, 0.15) is 0 Å². The van der Waals surface area contributed by atoms with E-state index in [9.17, 15) is 4.79 Å². The number of rotatable bonds is 0. The van der Waals surface area contributed by atoms with Crippen LogP contribution < -0.4 is 5.32 Å². The molecule has 1 N–H and O–H groups in total. The number of nitrogens with one attached hydrogen (secondary N) is 1. The van der Waals surface area contributed by atoms with E-state index in [2.05, 4.69) is 5.32 Å². The van der Waals surface area contributed by atoms with Gasteiger partial charge < -0.3 is 5.32 Å². The molecule has 0 aromatic heterocycles. The van der Waals surface area contributed by atoms with E-state index >= 15 is 0 Å². The van der Waals surface area contributed by atoms with Crippen molar-refractivity contribution in [1.29, 1.82) is 0 Å². The molecule has 0 aliphatic carbocycles. The standard InChI is InChI=1S/C8H7NO.Ni/c10-8-7-4-2-1-3-6(7)5-9-8;/h1-4H,5H2,(H,9,10);. The van der Waals surface area contributed by atoms with Crippen LogP contribution in [0.1, 0.15) is 15.9 Å². The summed E-state index contributed by atoms with van der Waals surface area (Å²) in [5.41, 5.74) is 1.93. The molecule has 1 aromatic carbocycles. The Morgan fingerprint density at radius 2 is 2.00 bits per heavy atom. The smallest absolute Gasteiger partial charge is 0.251 e. The van der Waals surface area contributed by atoms with Gasteiger partial charge in [-0.3, -0.25) is 4.79 Å². The molecule has 0 fully saturated rings. The van der Waals surface area contributed by atoms with Crippen LogP contribution in [-0.2, 0) is 23.0 Å².